The van der Waals surface area contributed by atoms with Crippen LogP contribution in [0.5, 0.6) is 5.75 Å². The van der Waals surface area contributed by atoms with Crippen LogP contribution in [-0.4, -0.2) is 47.6 Å². The maximum atomic E-state index is 13.7. The number of fused-ring (bicyclic) bond motifs is 1. The summed E-state index contributed by atoms with van der Waals surface area (Å²) < 4.78 is 35.0. The van der Waals surface area contributed by atoms with Crippen LogP contribution < -0.4 is 15.4 Å². The minimum Gasteiger partial charge on any atom is -0.485 e. The first-order valence-electron chi connectivity index (χ1n) is 12.2. The number of aliphatic imine (C=N–C) groups is 1. The van der Waals surface area contributed by atoms with Crippen molar-refractivity contribution in [2.45, 2.75) is 81.7 Å². The molecule has 0 saturated carbocycles. The lowest BCUT2D eigenvalue weighted by atomic mass is 9.87. The first-order chi connectivity index (χ1) is 17.4. The summed E-state index contributed by atoms with van der Waals surface area (Å²) in [4.78, 5) is 4.74. The molecule has 1 fully saturated rings. The highest BCUT2D eigenvalue weighted by Gasteiger charge is 2.44. The number of nitriles is 1. The quantitative estimate of drug-likeness (QED) is 0.225. The molecule has 9 nitrogen and oxygen atoms in total. The Balaban J connectivity index is 1.78. The molecule has 37 heavy (non-hydrogen) atoms. The van der Waals surface area contributed by atoms with Gasteiger partial charge < -0.3 is 15.2 Å². The molecule has 198 valence electrons. The van der Waals surface area contributed by atoms with Gasteiger partial charge in [-0.05, 0) is 83.0 Å². The van der Waals surface area contributed by atoms with E-state index in [1.54, 1.807) is 48.5 Å². The molecule has 4 rings (SSSR count). The lowest BCUT2D eigenvalue weighted by molar-refractivity contribution is -0.0568. The second-order valence-corrected chi connectivity index (χ2v) is 12.4. The summed E-state index contributed by atoms with van der Waals surface area (Å²) in [6, 6.07) is 10.4. The normalized spacial score (nSPS) is 25.9. The zero-order valence-corrected chi connectivity index (χ0v) is 22.8. The van der Waals surface area contributed by atoms with Crippen molar-refractivity contribution in [3.63, 3.8) is 0 Å². The number of hydrogen-bond donors (Lipinski definition) is 3. The molecule has 2 aliphatic heterocycles. The number of nitrogens with one attached hydrogen (secondary N) is 2. The Morgan fingerprint density at radius 1 is 1.19 bits per heavy atom. The number of aliphatic hydroxyl groups excluding tert-OH is 1. The van der Waals surface area contributed by atoms with Crippen LogP contribution in [0.15, 0.2) is 52.4 Å². The van der Waals surface area contributed by atoms with Crippen molar-refractivity contribution in [1.82, 2.24) is 9.62 Å². The molecule has 3 N–H and O–H groups in total. The molecular weight excluding hydrogens is 514 g/mol. The summed E-state index contributed by atoms with van der Waals surface area (Å²) in [7, 11) is -3.80. The number of anilines is 1. The number of sulfonamides is 1. The van der Waals surface area contributed by atoms with Gasteiger partial charge in [0.15, 0.2) is 6.19 Å². The molecule has 11 heteroatoms. The summed E-state index contributed by atoms with van der Waals surface area (Å²) in [5.41, 5.74) is 0.0202. The van der Waals surface area contributed by atoms with Crippen molar-refractivity contribution in [1.29, 1.82) is 5.26 Å². The predicted octanol–water partition coefficient (Wildman–Crippen LogP) is 4.40. The van der Waals surface area contributed by atoms with Gasteiger partial charge in [-0.1, -0.05) is 18.0 Å². The number of aliphatic hydroxyl groups is 1. The number of nitrogens with zero attached hydrogens (tertiary/aromatic N) is 3. The van der Waals surface area contributed by atoms with E-state index in [0.717, 1.165) is 19.3 Å². The van der Waals surface area contributed by atoms with E-state index in [-0.39, 0.29) is 22.9 Å². The summed E-state index contributed by atoms with van der Waals surface area (Å²) >= 11 is 5.97. The van der Waals surface area contributed by atoms with Crippen LogP contribution in [0.3, 0.4) is 0 Å². The van der Waals surface area contributed by atoms with E-state index < -0.39 is 27.8 Å². The Morgan fingerprint density at radius 2 is 1.84 bits per heavy atom. The van der Waals surface area contributed by atoms with Gasteiger partial charge in [0, 0.05) is 28.4 Å². The van der Waals surface area contributed by atoms with Crippen LogP contribution in [0.4, 0.5) is 5.69 Å². The fourth-order valence-electron chi connectivity index (χ4n) is 5.00. The van der Waals surface area contributed by atoms with Gasteiger partial charge in [0.25, 0.3) is 0 Å². The van der Waals surface area contributed by atoms with Crippen LogP contribution >= 0.6 is 11.6 Å². The van der Waals surface area contributed by atoms with E-state index in [0.29, 0.717) is 22.0 Å². The van der Waals surface area contributed by atoms with Crippen molar-refractivity contribution in [2.75, 3.05) is 5.32 Å². The van der Waals surface area contributed by atoms with E-state index in [4.69, 9.17) is 16.3 Å². The largest absolute Gasteiger partial charge is 0.485 e. The molecule has 0 aliphatic carbocycles. The molecule has 2 aromatic rings. The highest BCUT2D eigenvalue weighted by Crippen LogP contribution is 2.43. The number of guanidine groups is 1. The average molecular weight is 546 g/mol. The Kier molecular flexibility index (Phi) is 7.72. The Morgan fingerprint density at radius 3 is 2.46 bits per heavy atom. The van der Waals surface area contributed by atoms with Crippen LogP contribution in [0.2, 0.25) is 5.02 Å². The summed E-state index contributed by atoms with van der Waals surface area (Å²) in [6.45, 7) is 7.32. The van der Waals surface area contributed by atoms with Crippen molar-refractivity contribution >= 4 is 33.3 Å². The molecule has 2 aliphatic rings. The minimum atomic E-state index is -3.80. The maximum Gasteiger partial charge on any atom is 0.243 e. The van der Waals surface area contributed by atoms with Gasteiger partial charge in [-0.15, -0.1) is 0 Å². The zero-order valence-electron chi connectivity index (χ0n) is 21.3. The summed E-state index contributed by atoms with van der Waals surface area (Å²) in [5, 5.41) is 26.7. The fourth-order valence-corrected chi connectivity index (χ4v) is 7.04. The van der Waals surface area contributed by atoms with Crippen molar-refractivity contribution in [3.8, 4) is 11.9 Å². The summed E-state index contributed by atoms with van der Waals surface area (Å²) in [5.74, 6) is 0.509. The van der Waals surface area contributed by atoms with Crippen molar-refractivity contribution in [3.05, 3.63) is 53.1 Å². The molecule has 0 aromatic heterocycles. The molecule has 0 bridgehead atoms. The Bertz CT molecular complexity index is 1310. The van der Waals surface area contributed by atoms with E-state index in [1.165, 1.54) is 12.1 Å². The number of halogens is 1. The average Bonchev–Trinajstić information content (AvgIpc) is 2.83. The molecule has 2 aromatic carbocycles. The Hall–Kier alpha value is -2.84. The SMILES string of the molecule is C[C@@H]1CCC[C@H](C)N1S(=O)(=O)c1ccc2c(c1)[C@@H](N=C(NC#N)Nc1ccc(Cl)cc1)[C@H](O)C(C)(C)O2. The molecule has 0 radical (unpaired) electrons. The number of piperidine rings is 1. The van der Waals surface area contributed by atoms with Crippen LogP contribution in [0, 0.1) is 11.5 Å². The molecule has 0 unspecified atom stereocenters. The number of rotatable bonds is 4. The fraction of sp³-hybridized carbons (Fsp3) is 0.462. The predicted molar refractivity (Wildman–Crippen MR) is 143 cm³/mol. The molecule has 0 amide bonds. The lowest BCUT2D eigenvalue weighted by Crippen LogP contribution is -2.49. The number of hydrogen-bond acceptors (Lipinski definition) is 6. The third kappa shape index (κ3) is 5.55. The van der Waals surface area contributed by atoms with Gasteiger partial charge in [-0.2, -0.15) is 9.57 Å². The Labute approximate surface area is 223 Å². The van der Waals surface area contributed by atoms with Crippen molar-refractivity contribution < 1.29 is 18.3 Å². The smallest absolute Gasteiger partial charge is 0.243 e. The molecular formula is C26H32ClN5O4S. The van der Waals surface area contributed by atoms with Gasteiger partial charge in [0.05, 0.1) is 4.90 Å². The highest BCUT2D eigenvalue weighted by molar-refractivity contribution is 7.89. The number of benzene rings is 2. The van der Waals surface area contributed by atoms with Gasteiger partial charge in [0.1, 0.15) is 23.5 Å². The lowest BCUT2D eigenvalue weighted by Gasteiger charge is -2.41. The monoisotopic (exact) mass is 545 g/mol. The topological polar surface area (TPSA) is 127 Å². The van der Waals surface area contributed by atoms with Crippen LogP contribution in [-0.2, 0) is 10.0 Å². The second-order valence-electron chi connectivity index (χ2n) is 10.1. The van der Waals surface area contributed by atoms with Gasteiger partial charge in [-0.3, -0.25) is 5.32 Å². The van der Waals surface area contributed by atoms with E-state index in [2.05, 4.69) is 15.6 Å². The highest BCUT2D eigenvalue weighted by atomic mass is 35.5. The van der Waals surface area contributed by atoms with Gasteiger partial charge in [-0.25, -0.2) is 13.4 Å². The first kappa shape index (κ1) is 27.2. The molecule has 0 spiro atoms. The third-order valence-corrected chi connectivity index (χ3v) is 9.30. The number of ether oxygens (including phenoxy) is 1. The maximum absolute atomic E-state index is 13.7. The standard InChI is InChI=1S/C26H32ClN5O4S/c1-16-6-5-7-17(2)32(16)37(34,35)20-12-13-22-21(14-20)23(24(33)26(3,4)36-22)31-25(29-15-28)30-19-10-8-18(27)9-11-19/h8-14,16-17,23-24,33H,5-7H2,1-4H3,(H2,29,30,31)/t16-,17+,23-,24+/m1/s1. The van der Waals surface area contributed by atoms with E-state index >= 15 is 0 Å². The molecule has 2 heterocycles. The first-order valence-corrected chi connectivity index (χ1v) is 14.1. The molecule has 4 atom stereocenters. The van der Waals surface area contributed by atoms with E-state index in [1.807, 2.05) is 20.0 Å². The second kappa shape index (κ2) is 10.5. The molecule has 1 saturated heterocycles. The van der Waals surface area contributed by atoms with Crippen LogP contribution in [0.1, 0.15) is 58.6 Å². The van der Waals surface area contributed by atoms with Gasteiger partial charge in [0.2, 0.25) is 16.0 Å². The van der Waals surface area contributed by atoms with Crippen LogP contribution in [0.25, 0.3) is 0 Å². The van der Waals surface area contributed by atoms with Gasteiger partial charge >= 0.3 is 0 Å². The zero-order chi connectivity index (χ0) is 27.0. The summed E-state index contributed by atoms with van der Waals surface area (Å²) in [6.07, 6.45) is 3.31. The van der Waals surface area contributed by atoms with E-state index in [9.17, 15) is 18.8 Å². The van der Waals surface area contributed by atoms with Crippen molar-refractivity contribution in [2.24, 2.45) is 4.99 Å². The minimum absolute atomic E-state index is 0.0871. The third-order valence-electron chi connectivity index (χ3n) is 6.92.